The zero-order valence-electron chi connectivity index (χ0n) is 24.4. The summed E-state index contributed by atoms with van der Waals surface area (Å²) in [6.45, 7) is 4.89. The van der Waals surface area contributed by atoms with Crippen molar-refractivity contribution in [2.45, 2.75) is 13.1 Å². The molecule has 9 rings (SSSR count). The number of hydrogen-bond acceptors (Lipinski definition) is 4. The predicted molar refractivity (Wildman–Crippen MR) is 189 cm³/mol. The minimum atomic E-state index is -1.85. The number of rotatable bonds is 3. The average molecular weight is 598 g/mol. The SMILES string of the molecule is C[Si]1(C)c2ccccc2-c2ccc(-c3nc(-c4ccccc4)nc(-c4cccc5sc6c7ccccc7ccc6c45)n3)cc21. The lowest BCUT2D eigenvalue weighted by Gasteiger charge is -2.19. The second-order valence-electron chi connectivity index (χ2n) is 12.0. The first-order valence-electron chi connectivity index (χ1n) is 15.0. The average Bonchev–Trinajstić information content (AvgIpc) is 3.58. The molecule has 0 radical (unpaired) electrons. The zero-order valence-corrected chi connectivity index (χ0v) is 26.2. The Morgan fingerprint density at radius 3 is 2.09 bits per heavy atom. The van der Waals surface area contributed by atoms with Crippen LogP contribution in [0, 0.1) is 0 Å². The Labute approximate surface area is 260 Å². The Morgan fingerprint density at radius 2 is 1.20 bits per heavy atom. The highest BCUT2D eigenvalue weighted by Crippen LogP contribution is 2.42. The van der Waals surface area contributed by atoms with Crippen LogP contribution in [-0.4, -0.2) is 23.0 Å². The van der Waals surface area contributed by atoms with Crippen molar-refractivity contribution in [2.75, 3.05) is 0 Å². The van der Waals surface area contributed by atoms with Crippen LogP contribution in [0.3, 0.4) is 0 Å². The second kappa shape index (κ2) is 9.51. The van der Waals surface area contributed by atoms with Crippen molar-refractivity contribution >= 4 is 60.7 Å². The van der Waals surface area contributed by atoms with Crippen LogP contribution in [0.4, 0.5) is 0 Å². The van der Waals surface area contributed by atoms with Crippen molar-refractivity contribution < 1.29 is 0 Å². The van der Waals surface area contributed by atoms with Gasteiger partial charge in [0.05, 0.1) is 0 Å². The summed E-state index contributed by atoms with van der Waals surface area (Å²) < 4.78 is 2.54. The summed E-state index contributed by atoms with van der Waals surface area (Å²) in [6, 6.07) is 45.6. The summed E-state index contributed by atoms with van der Waals surface area (Å²) in [5, 5.41) is 7.92. The molecular weight excluding hydrogens is 571 g/mol. The molecule has 0 fully saturated rings. The Kier molecular flexibility index (Phi) is 5.52. The van der Waals surface area contributed by atoms with Crippen LogP contribution in [0.5, 0.6) is 0 Å². The summed E-state index contributed by atoms with van der Waals surface area (Å²) >= 11 is 1.84. The largest absolute Gasteiger partial charge is 0.208 e. The highest BCUT2D eigenvalue weighted by atomic mass is 32.1. The molecule has 208 valence electrons. The number of hydrogen-bond donors (Lipinski definition) is 0. The molecule has 44 heavy (non-hydrogen) atoms. The van der Waals surface area contributed by atoms with Gasteiger partial charge in [-0.3, -0.25) is 0 Å². The lowest BCUT2D eigenvalue weighted by molar-refractivity contribution is 1.08. The van der Waals surface area contributed by atoms with Crippen LogP contribution < -0.4 is 10.4 Å². The Hall–Kier alpha value is -4.97. The van der Waals surface area contributed by atoms with Gasteiger partial charge in [-0.2, -0.15) is 0 Å². The maximum absolute atomic E-state index is 5.22. The molecule has 0 unspecified atom stereocenters. The van der Waals surface area contributed by atoms with Gasteiger partial charge >= 0.3 is 0 Å². The van der Waals surface area contributed by atoms with E-state index in [1.165, 1.54) is 52.4 Å². The molecule has 0 aliphatic carbocycles. The van der Waals surface area contributed by atoms with Crippen molar-refractivity contribution in [3.05, 3.63) is 127 Å². The normalized spacial score (nSPS) is 13.4. The molecule has 3 nitrogen and oxygen atoms in total. The molecule has 8 aromatic rings. The van der Waals surface area contributed by atoms with E-state index in [2.05, 4.69) is 122 Å². The van der Waals surface area contributed by atoms with Crippen molar-refractivity contribution in [1.29, 1.82) is 0 Å². The minimum Gasteiger partial charge on any atom is -0.208 e. The summed E-state index contributed by atoms with van der Waals surface area (Å²) in [7, 11) is -1.85. The van der Waals surface area contributed by atoms with Gasteiger partial charge < -0.3 is 0 Å². The summed E-state index contributed by atoms with van der Waals surface area (Å²) in [5.41, 5.74) is 5.77. The van der Waals surface area contributed by atoms with Crippen LogP contribution in [-0.2, 0) is 0 Å². The van der Waals surface area contributed by atoms with E-state index in [9.17, 15) is 0 Å². The molecular formula is C39H27N3SSi. The van der Waals surface area contributed by atoms with E-state index in [1.54, 1.807) is 0 Å². The number of benzene rings is 6. The molecule has 0 amide bonds. The van der Waals surface area contributed by atoms with Gasteiger partial charge in [-0.15, -0.1) is 11.3 Å². The fourth-order valence-corrected chi connectivity index (χ4v) is 11.3. The van der Waals surface area contributed by atoms with Crippen LogP contribution in [0.2, 0.25) is 13.1 Å². The first-order chi connectivity index (χ1) is 21.6. The molecule has 0 N–H and O–H groups in total. The Morgan fingerprint density at radius 1 is 0.500 bits per heavy atom. The van der Waals surface area contributed by atoms with Crippen LogP contribution in [0.1, 0.15) is 0 Å². The highest BCUT2D eigenvalue weighted by Gasteiger charge is 2.37. The molecule has 0 saturated heterocycles. The van der Waals surface area contributed by atoms with Crippen molar-refractivity contribution in [1.82, 2.24) is 15.0 Å². The van der Waals surface area contributed by atoms with E-state index >= 15 is 0 Å². The van der Waals surface area contributed by atoms with Crippen molar-refractivity contribution in [3.63, 3.8) is 0 Å². The Bertz CT molecular complexity index is 2430. The van der Waals surface area contributed by atoms with Gasteiger partial charge in [-0.1, -0.05) is 134 Å². The van der Waals surface area contributed by atoms with Gasteiger partial charge in [0.1, 0.15) is 8.07 Å². The zero-order chi connectivity index (χ0) is 29.4. The van der Waals surface area contributed by atoms with Gasteiger partial charge in [0.15, 0.2) is 17.5 Å². The van der Waals surface area contributed by atoms with Gasteiger partial charge in [0.25, 0.3) is 0 Å². The Balaban J connectivity index is 1.29. The number of nitrogens with zero attached hydrogens (tertiary/aromatic N) is 3. The van der Waals surface area contributed by atoms with E-state index in [0.717, 1.165) is 16.7 Å². The van der Waals surface area contributed by atoms with Gasteiger partial charge in [0, 0.05) is 36.9 Å². The lowest BCUT2D eigenvalue weighted by Crippen LogP contribution is -2.49. The third kappa shape index (κ3) is 3.76. The highest BCUT2D eigenvalue weighted by molar-refractivity contribution is 7.26. The molecule has 0 saturated carbocycles. The van der Waals surface area contributed by atoms with Gasteiger partial charge in [-0.25, -0.2) is 15.0 Å². The molecule has 0 spiro atoms. The van der Waals surface area contributed by atoms with E-state index in [-0.39, 0.29) is 0 Å². The lowest BCUT2D eigenvalue weighted by atomic mass is 10.0. The summed E-state index contributed by atoms with van der Waals surface area (Å²) in [5.74, 6) is 2.10. The first-order valence-corrected chi connectivity index (χ1v) is 18.8. The molecule has 3 heterocycles. The molecule has 2 aromatic heterocycles. The van der Waals surface area contributed by atoms with E-state index in [0.29, 0.717) is 17.5 Å². The van der Waals surface area contributed by atoms with Crippen molar-refractivity contribution in [2.24, 2.45) is 0 Å². The third-order valence-corrected chi connectivity index (χ3v) is 13.9. The number of fused-ring (bicyclic) bond motifs is 8. The molecule has 0 bridgehead atoms. The quantitative estimate of drug-likeness (QED) is 0.191. The van der Waals surface area contributed by atoms with E-state index < -0.39 is 8.07 Å². The van der Waals surface area contributed by atoms with E-state index in [1.807, 2.05) is 29.5 Å². The van der Waals surface area contributed by atoms with Crippen LogP contribution in [0.25, 0.3) is 76.2 Å². The number of aromatic nitrogens is 3. The topological polar surface area (TPSA) is 38.7 Å². The monoisotopic (exact) mass is 597 g/mol. The minimum absolute atomic E-state index is 0.688. The second-order valence-corrected chi connectivity index (χ2v) is 17.4. The van der Waals surface area contributed by atoms with E-state index in [4.69, 9.17) is 15.0 Å². The van der Waals surface area contributed by atoms with Crippen molar-refractivity contribution in [3.8, 4) is 45.3 Å². The fourth-order valence-electron chi connectivity index (χ4n) is 6.93. The summed E-state index contributed by atoms with van der Waals surface area (Å²) in [6.07, 6.45) is 0. The van der Waals surface area contributed by atoms with Crippen LogP contribution in [0.15, 0.2) is 127 Å². The van der Waals surface area contributed by atoms with Gasteiger partial charge in [-0.05, 0) is 38.3 Å². The van der Waals surface area contributed by atoms with Crippen LogP contribution >= 0.6 is 11.3 Å². The molecule has 0 atom stereocenters. The fraction of sp³-hybridized carbons (Fsp3) is 0.0513. The third-order valence-electron chi connectivity index (χ3n) is 9.14. The first kappa shape index (κ1) is 25.5. The van der Waals surface area contributed by atoms with Gasteiger partial charge in [0.2, 0.25) is 0 Å². The smallest absolute Gasteiger partial charge is 0.164 e. The molecule has 5 heteroatoms. The molecule has 1 aliphatic heterocycles. The maximum Gasteiger partial charge on any atom is 0.164 e. The molecule has 1 aliphatic rings. The summed E-state index contributed by atoms with van der Waals surface area (Å²) in [4.78, 5) is 15.4. The molecule has 6 aromatic carbocycles. The maximum atomic E-state index is 5.22. The number of thiophene rings is 1. The predicted octanol–water partition coefficient (Wildman–Crippen LogP) is 9.20. The standard InChI is InChI=1S/C39H27N3SSi/c1-44(2)33-18-9-8-15-28(33)29-21-20-26(23-34(29)44)38-40-37(25-12-4-3-5-13-25)41-39(42-38)31-16-10-17-32-35(31)30-22-19-24-11-6-7-14-27(24)36(30)43-32/h3-23H,1-2H3.